The second-order valence-electron chi connectivity index (χ2n) is 5.92. The van der Waals surface area contributed by atoms with Gasteiger partial charge in [0.1, 0.15) is 12.4 Å². The molecule has 0 fully saturated rings. The molecular formula is C22H15ClO2S. The molecule has 0 aromatic heterocycles. The lowest BCUT2D eigenvalue weighted by Crippen LogP contribution is -1.95. The lowest BCUT2D eigenvalue weighted by molar-refractivity contribution is 0.104. The molecule has 0 atom stereocenters. The number of ether oxygens (including phenoxy) is 1. The lowest BCUT2D eigenvalue weighted by Gasteiger charge is -2.07. The van der Waals surface area contributed by atoms with Gasteiger partial charge in [0, 0.05) is 15.5 Å². The van der Waals surface area contributed by atoms with Gasteiger partial charge in [-0.1, -0.05) is 59.8 Å². The van der Waals surface area contributed by atoms with E-state index in [0.717, 1.165) is 32.2 Å². The Balaban J connectivity index is 1.43. The number of allylic oxidation sites excluding steroid dienone is 1. The zero-order chi connectivity index (χ0) is 17.9. The van der Waals surface area contributed by atoms with Gasteiger partial charge < -0.3 is 4.74 Å². The SMILES string of the molecule is O=C1/C(=C\c2ccc(OCc3ccc(Cl)cc3)cc2)Sc2ccccc21. The van der Waals surface area contributed by atoms with Crippen molar-refractivity contribution in [2.75, 3.05) is 0 Å². The van der Waals surface area contributed by atoms with Crippen LogP contribution in [0.3, 0.4) is 0 Å². The third-order valence-electron chi connectivity index (χ3n) is 4.07. The largest absolute Gasteiger partial charge is 0.489 e. The number of carbonyl (C=O) groups is 1. The van der Waals surface area contributed by atoms with Crippen molar-refractivity contribution >= 4 is 35.2 Å². The molecule has 0 amide bonds. The Morgan fingerprint density at radius 3 is 2.38 bits per heavy atom. The Morgan fingerprint density at radius 1 is 0.923 bits per heavy atom. The maximum absolute atomic E-state index is 12.4. The number of Topliss-reactive ketones (excluding diaryl/α,β-unsaturated/α-hetero) is 1. The van der Waals surface area contributed by atoms with E-state index in [-0.39, 0.29) is 5.78 Å². The van der Waals surface area contributed by atoms with E-state index in [0.29, 0.717) is 11.6 Å². The summed E-state index contributed by atoms with van der Waals surface area (Å²) >= 11 is 7.41. The van der Waals surface area contributed by atoms with Crippen molar-refractivity contribution in [3.8, 4) is 5.75 Å². The van der Waals surface area contributed by atoms with E-state index in [1.54, 1.807) is 0 Å². The van der Waals surface area contributed by atoms with Gasteiger partial charge in [-0.25, -0.2) is 0 Å². The summed E-state index contributed by atoms with van der Waals surface area (Å²) in [6.45, 7) is 0.487. The van der Waals surface area contributed by atoms with Crippen molar-refractivity contribution in [2.24, 2.45) is 0 Å². The molecule has 2 nitrogen and oxygen atoms in total. The quantitative estimate of drug-likeness (QED) is 0.502. The molecule has 4 heteroatoms. The van der Waals surface area contributed by atoms with Crippen LogP contribution >= 0.6 is 23.4 Å². The fourth-order valence-electron chi connectivity index (χ4n) is 2.69. The van der Waals surface area contributed by atoms with Crippen LogP contribution in [0.2, 0.25) is 5.02 Å². The molecule has 3 aromatic rings. The van der Waals surface area contributed by atoms with Gasteiger partial charge in [0.15, 0.2) is 0 Å². The Hall–Kier alpha value is -2.49. The van der Waals surface area contributed by atoms with Crippen LogP contribution in [0.25, 0.3) is 6.08 Å². The fraction of sp³-hybridized carbons (Fsp3) is 0.0455. The minimum absolute atomic E-state index is 0.0914. The monoisotopic (exact) mass is 378 g/mol. The van der Waals surface area contributed by atoms with Gasteiger partial charge in [0.2, 0.25) is 5.78 Å². The average molecular weight is 379 g/mol. The summed E-state index contributed by atoms with van der Waals surface area (Å²) in [5.74, 6) is 0.879. The molecule has 0 aliphatic carbocycles. The van der Waals surface area contributed by atoms with Crippen LogP contribution < -0.4 is 4.74 Å². The highest BCUT2D eigenvalue weighted by molar-refractivity contribution is 8.04. The number of hydrogen-bond acceptors (Lipinski definition) is 3. The van der Waals surface area contributed by atoms with Gasteiger partial charge in [-0.3, -0.25) is 4.79 Å². The topological polar surface area (TPSA) is 26.3 Å². The molecule has 128 valence electrons. The molecule has 0 N–H and O–H groups in total. The molecule has 26 heavy (non-hydrogen) atoms. The van der Waals surface area contributed by atoms with Gasteiger partial charge in [0.05, 0.1) is 4.91 Å². The van der Waals surface area contributed by atoms with Crippen molar-refractivity contribution < 1.29 is 9.53 Å². The van der Waals surface area contributed by atoms with Gasteiger partial charge in [-0.2, -0.15) is 0 Å². The lowest BCUT2D eigenvalue weighted by atomic mass is 10.1. The van der Waals surface area contributed by atoms with Crippen LogP contribution in [-0.2, 0) is 6.61 Å². The molecule has 0 spiro atoms. The van der Waals surface area contributed by atoms with E-state index in [9.17, 15) is 4.79 Å². The summed E-state index contributed by atoms with van der Waals surface area (Å²) in [5.41, 5.74) is 2.82. The highest BCUT2D eigenvalue weighted by Crippen LogP contribution is 2.40. The maximum atomic E-state index is 12.4. The third kappa shape index (κ3) is 3.69. The van der Waals surface area contributed by atoms with E-state index in [1.807, 2.05) is 78.9 Å². The second kappa shape index (κ2) is 7.40. The molecule has 4 rings (SSSR count). The number of ketones is 1. The standard InChI is InChI=1S/C22H15ClO2S/c23-17-9-5-16(6-10-17)14-25-18-11-7-15(8-12-18)13-21-22(24)19-3-1-2-4-20(19)26-21/h1-13H,14H2/b21-13+. The van der Waals surface area contributed by atoms with Crippen molar-refractivity contribution in [2.45, 2.75) is 11.5 Å². The Kier molecular flexibility index (Phi) is 4.83. The van der Waals surface area contributed by atoms with Gasteiger partial charge >= 0.3 is 0 Å². The first-order chi connectivity index (χ1) is 12.7. The van der Waals surface area contributed by atoms with Crippen molar-refractivity contribution in [3.63, 3.8) is 0 Å². The molecule has 0 saturated carbocycles. The Morgan fingerprint density at radius 2 is 1.65 bits per heavy atom. The predicted octanol–water partition coefficient (Wildman–Crippen LogP) is 6.25. The molecule has 0 radical (unpaired) electrons. The zero-order valence-corrected chi connectivity index (χ0v) is 15.4. The van der Waals surface area contributed by atoms with E-state index < -0.39 is 0 Å². The summed E-state index contributed by atoms with van der Waals surface area (Å²) in [7, 11) is 0. The number of hydrogen-bond donors (Lipinski definition) is 0. The first-order valence-electron chi connectivity index (χ1n) is 8.20. The molecule has 0 bridgehead atoms. The summed E-state index contributed by atoms with van der Waals surface area (Å²) in [6, 6.07) is 23.0. The van der Waals surface area contributed by atoms with E-state index in [4.69, 9.17) is 16.3 Å². The van der Waals surface area contributed by atoms with Crippen LogP contribution in [0.5, 0.6) is 5.75 Å². The number of thioether (sulfide) groups is 1. The summed E-state index contributed by atoms with van der Waals surface area (Å²) in [5, 5.41) is 0.715. The number of fused-ring (bicyclic) bond motifs is 1. The Labute approximate surface area is 161 Å². The summed E-state index contributed by atoms with van der Waals surface area (Å²) in [4.78, 5) is 14.2. The smallest absolute Gasteiger partial charge is 0.200 e. The molecule has 1 heterocycles. The highest BCUT2D eigenvalue weighted by Gasteiger charge is 2.24. The molecular weight excluding hydrogens is 364 g/mol. The third-order valence-corrected chi connectivity index (χ3v) is 5.42. The van der Waals surface area contributed by atoms with Crippen LogP contribution in [0.1, 0.15) is 21.5 Å². The number of halogens is 1. The van der Waals surface area contributed by atoms with Crippen LogP contribution in [0, 0.1) is 0 Å². The normalized spacial score (nSPS) is 14.5. The van der Waals surface area contributed by atoms with Gasteiger partial charge in [-0.15, -0.1) is 0 Å². The molecule has 1 aliphatic heterocycles. The van der Waals surface area contributed by atoms with Crippen LogP contribution in [0.15, 0.2) is 82.6 Å². The van der Waals surface area contributed by atoms with E-state index in [1.165, 1.54) is 11.8 Å². The summed E-state index contributed by atoms with van der Waals surface area (Å²) in [6.07, 6.45) is 1.93. The average Bonchev–Trinajstić information content (AvgIpc) is 2.98. The predicted molar refractivity (Wildman–Crippen MR) is 107 cm³/mol. The zero-order valence-electron chi connectivity index (χ0n) is 13.8. The first-order valence-corrected chi connectivity index (χ1v) is 9.39. The van der Waals surface area contributed by atoms with Crippen LogP contribution in [0.4, 0.5) is 0 Å². The maximum Gasteiger partial charge on any atom is 0.200 e. The van der Waals surface area contributed by atoms with E-state index >= 15 is 0 Å². The molecule has 0 saturated heterocycles. The fourth-order valence-corrected chi connectivity index (χ4v) is 3.87. The first kappa shape index (κ1) is 17.0. The van der Waals surface area contributed by atoms with Crippen molar-refractivity contribution in [1.29, 1.82) is 0 Å². The Bertz CT molecular complexity index is 976. The number of rotatable bonds is 4. The van der Waals surface area contributed by atoms with Gasteiger partial charge in [0.25, 0.3) is 0 Å². The van der Waals surface area contributed by atoms with E-state index in [2.05, 4.69) is 0 Å². The van der Waals surface area contributed by atoms with Crippen molar-refractivity contribution in [1.82, 2.24) is 0 Å². The van der Waals surface area contributed by atoms with Crippen LogP contribution in [-0.4, -0.2) is 5.78 Å². The minimum atomic E-state index is 0.0914. The summed E-state index contributed by atoms with van der Waals surface area (Å²) < 4.78 is 5.79. The molecule has 3 aromatic carbocycles. The number of carbonyl (C=O) groups excluding carboxylic acids is 1. The second-order valence-corrected chi connectivity index (χ2v) is 7.44. The highest BCUT2D eigenvalue weighted by atomic mass is 35.5. The van der Waals surface area contributed by atoms with Crippen molar-refractivity contribution in [3.05, 3.63) is 99.4 Å². The molecule has 0 unspecified atom stereocenters. The van der Waals surface area contributed by atoms with Gasteiger partial charge in [-0.05, 0) is 53.6 Å². The molecule has 1 aliphatic rings. The minimum Gasteiger partial charge on any atom is -0.489 e. The number of benzene rings is 3.